The molecule has 2 heterocycles. The maximum atomic E-state index is 13.5. The van der Waals surface area contributed by atoms with Crippen LogP contribution in [-0.4, -0.2) is 37.3 Å². The Labute approximate surface area is 220 Å². The van der Waals surface area contributed by atoms with E-state index in [4.69, 9.17) is 9.47 Å². The number of methoxy groups -OCH3 is 1. The number of carbonyl (C=O) groups excluding carboxylic acids is 4. The molecule has 4 aliphatic carbocycles. The quantitative estimate of drug-likeness (QED) is 0.263. The monoisotopic (exact) mass is 512 g/mol. The van der Waals surface area contributed by atoms with Crippen molar-refractivity contribution in [2.75, 3.05) is 23.5 Å². The highest BCUT2D eigenvalue weighted by atomic mass is 16.5. The maximum Gasteiger partial charge on any atom is 0.316 e. The van der Waals surface area contributed by atoms with Crippen molar-refractivity contribution in [2.45, 2.75) is 19.8 Å². The van der Waals surface area contributed by atoms with Gasteiger partial charge in [0, 0.05) is 24.7 Å². The second kappa shape index (κ2) is 8.28. The van der Waals surface area contributed by atoms with Crippen molar-refractivity contribution >= 4 is 35.1 Å². The van der Waals surface area contributed by atoms with Crippen LogP contribution in [-0.2, 0) is 19.2 Å². The summed E-state index contributed by atoms with van der Waals surface area (Å²) in [5.74, 6) is 0.405. The molecule has 2 aromatic carbocycles. The van der Waals surface area contributed by atoms with Crippen LogP contribution in [0.3, 0.4) is 0 Å². The first kappa shape index (κ1) is 23.2. The third-order valence-corrected chi connectivity index (χ3v) is 9.11. The Hall–Kier alpha value is -3.94. The Morgan fingerprint density at radius 1 is 0.921 bits per heavy atom. The zero-order valence-electron chi connectivity index (χ0n) is 21.2. The average molecular weight is 513 g/mol. The van der Waals surface area contributed by atoms with Crippen molar-refractivity contribution in [2.24, 2.45) is 41.4 Å². The number of imide groups is 1. The molecule has 2 bridgehead atoms. The summed E-state index contributed by atoms with van der Waals surface area (Å²) in [7, 11) is 1.56. The van der Waals surface area contributed by atoms with Crippen LogP contribution in [0.5, 0.6) is 11.5 Å². The van der Waals surface area contributed by atoms with E-state index in [2.05, 4.69) is 12.2 Å². The van der Waals surface area contributed by atoms with Crippen LogP contribution in [0.2, 0.25) is 0 Å². The maximum absolute atomic E-state index is 13.5. The van der Waals surface area contributed by atoms with Crippen molar-refractivity contribution in [3.05, 3.63) is 60.2 Å². The van der Waals surface area contributed by atoms with Crippen LogP contribution in [0.15, 0.2) is 54.6 Å². The smallest absolute Gasteiger partial charge is 0.316 e. The first-order valence-corrected chi connectivity index (χ1v) is 13.2. The molecular weight excluding hydrogens is 484 g/mol. The van der Waals surface area contributed by atoms with Gasteiger partial charge in [0.25, 0.3) is 0 Å². The number of anilines is 2. The molecule has 3 amide bonds. The Morgan fingerprint density at radius 3 is 2.29 bits per heavy atom. The van der Waals surface area contributed by atoms with E-state index < -0.39 is 11.9 Å². The molecule has 4 fully saturated rings. The molecule has 38 heavy (non-hydrogen) atoms. The van der Waals surface area contributed by atoms with Gasteiger partial charge in [-0.1, -0.05) is 18.2 Å². The van der Waals surface area contributed by atoms with E-state index in [0.29, 0.717) is 40.3 Å². The molecule has 194 valence electrons. The van der Waals surface area contributed by atoms with Crippen molar-refractivity contribution in [1.82, 2.24) is 0 Å². The number of amides is 3. The first-order valence-electron chi connectivity index (χ1n) is 13.2. The summed E-state index contributed by atoms with van der Waals surface area (Å²) < 4.78 is 10.9. The fourth-order valence-electron chi connectivity index (χ4n) is 7.23. The summed E-state index contributed by atoms with van der Waals surface area (Å²) in [6.45, 7) is 2.03. The van der Waals surface area contributed by atoms with E-state index in [9.17, 15) is 19.2 Å². The number of allylic oxidation sites excluding steroid dienone is 2. The zero-order chi connectivity index (χ0) is 26.3. The number of ether oxygens (including phenoxy) is 2. The van der Waals surface area contributed by atoms with Crippen LogP contribution in [0.25, 0.3) is 0 Å². The van der Waals surface area contributed by atoms with Gasteiger partial charge in [-0.2, -0.15) is 0 Å². The lowest BCUT2D eigenvalue weighted by Gasteiger charge is -2.37. The number of hydrogen-bond acceptors (Lipinski definition) is 6. The van der Waals surface area contributed by atoms with Gasteiger partial charge in [0.2, 0.25) is 17.7 Å². The summed E-state index contributed by atoms with van der Waals surface area (Å²) in [5.41, 5.74) is 1.90. The average Bonchev–Trinajstić information content (AvgIpc) is 3.60. The summed E-state index contributed by atoms with van der Waals surface area (Å²) in [6.07, 6.45) is 5.50. The zero-order valence-corrected chi connectivity index (χ0v) is 21.2. The SMILES string of the molecule is COc1cccc(N2C[C@H](C(=O)Oc3ccc(N4C(=O)[C@@H]5[C@H]6C=C[C@@H]([C@@H]7C[C@@H]67)[C@@H]5C4=O)c(C)c3)CC2=O)c1. The van der Waals surface area contributed by atoms with E-state index >= 15 is 0 Å². The molecule has 8 nitrogen and oxygen atoms in total. The second-order valence-corrected chi connectivity index (χ2v) is 11.1. The standard InChI is InChI=1S/C30H28N2O6/c1-15-10-19(38-30(36)16-11-25(33)31(14-16)17-4-3-5-18(12-17)37-2)6-9-24(15)32-28(34)26-20-7-8-21(23-13-22(20)23)27(26)29(32)35/h3-10,12,16,20-23,26-27H,11,13-14H2,1-2H3/t16-,20+,21+,22+,23+,26-,27+/m1/s1. The van der Waals surface area contributed by atoms with E-state index in [1.807, 2.05) is 6.92 Å². The van der Waals surface area contributed by atoms with Gasteiger partial charge in [0.15, 0.2) is 0 Å². The van der Waals surface area contributed by atoms with Crippen LogP contribution < -0.4 is 19.3 Å². The molecule has 2 aromatic rings. The highest BCUT2D eigenvalue weighted by Gasteiger charge is 2.67. The predicted octanol–water partition coefficient (Wildman–Crippen LogP) is 3.52. The Balaban J connectivity index is 1.06. The lowest BCUT2D eigenvalue weighted by Crippen LogP contribution is -2.40. The highest BCUT2D eigenvalue weighted by molar-refractivity contribution is 6.23. The fourth-order valence-corrected chi connectivity index (χ4v) is 7.23. The van der Waals surface area contributed by atoms with Crippen LogP contribution in [0.4, 0.5) is 11.4 Å². The summed E-state index contributed by atoms with van der Waals surface area (Å²) in [5, 5.41) is 0. The third-order valence-electron chi connectivity index (χ3n) is 9.11. The van der Waals surface area contributed by atoms with Gasteiger partial charge >= 0.3 is 5.97 Å². The predicted molar refractivity (Wildman–Crippen MR) is 137 cm³/mol. The first-order chi connectivity index (χ1) is 18.4. The molecule has 2 saturated carbocycles. The fraction of sp³-hybridized carbons (Fsp3) is 0.400. The summed E-state index contributed by atoms with van der Waals surface area (Å²) in [4.78, 5) is 55.4. The van der Waals surface area contributed by atoms with Gasteiger partial charge in [-0.05, 0) is 72.9 Å². The number of aryl methyl sites for hydroxylation is 1. The molecule has 0 radical (unpaired) electrons. The topological polar surface area (TPSA) is 93.2 Å². The lowest BCUT2D eigenvalue weighted by atomic mass is 9.63. The van der Waals surface area contributed by atoms with Gasteiger partial charge in [0.05, 0.1) is 30.6 Å². The molecule has 7 atom stereocenters. The van der Waals surface area contributed by atoms with E-state index in [-0.39, 0.29) is 54.4 Å². The Kier molecular flexibility index (Phi) is 5.05. The third kappa shape index (κ3) is 3.35. The van der Waals surface area contributed by atoms with Crippen LogP contribution >= 0.6 is 0 Å². The van der Waals surface area contributed by atoms with Crippen LogP contribution in [0, 0.1) is 48.3 Å². The van der Waals surface area contributed by atoms with Gasteiger partial charge in [0.1, 0.15) is 11.5 Å². The van der Waals surface area contributed by atoms with Crippen LogP contribution in [0.1, 0.15) is 18.4 Å². The lowest BCUT2D eigenvalue weighted by molar-refractivity contribution is -0.139. The molecule has 0 unspecified atom stereocenters. The van der Waals surface area contributed by atoms with E-state index in [0.717, 1.165) is 6.42 Å². The minimum absolute atomic E-state index is 0.0605. The number of carbonyl (C=O) groups is 4. The van der Waals surface area contributed by atoms with Gasteiger partial charge in [-0.25, -0.2) is 4.90 Å². The van der Waals surface area contributed by atoms with Gasteiger partial charge in [-0.15, -0.1) is 0 Å². The summed E-state index contributed by atoms with van der Waals surface area (Å²) in [6, 6.07) is 12.1. The minimum atomic E-state index is -0.604. The normalized spacial score (nSPS) is 32.5. The molecule has 6 aliphatic rings. The highest BCUT2D eigenvalue weighted by Crippen LogP contribution is 2.65. The minimum Gasteiger partial charge on any atom is -0.497 e. The van der Waals surface area contributed by atoms with Crippen molar-refractivity contribution in [1.29, 1.82) is 0 Å². The molecule has 2 saturated heterocycles. The van der Waals surface area contributed by atoms with Gasteiger partial charge in [-0.3, -0.25) is 19.2 Å². The number of hydrogen-bond donors (Lipinski definition) is 0. The molecule has 8 heteroatoms. The molecule has 0 aromatic heterocycles. The van der Waals surface area contributed by atoms with Crippen molar-refractivity contribution in [3.63, 3.8) is 0 Å². The van der Waals surface area contributed by atoms with Crippen molar-refractivity contribution in [3.8, 4) is 11.5 Å². The molecular formula is C30H28N2O6. The van der Waals surface area contributed by atoms with Crippen molar-refractivity contribution < 1.29 is 28.7 Å². The second-order valence-electron chi connectivity index (χ2n) is 11.1. The molecule has 0 N–H and O–H groups in total. The molecule has 2 aliphatic heterocycles. The largest absolute Gasteiger partial charge is 0.497 e. The number of rotatable bonds is 5. The number of nitrogens with zero attached hydrogens (tertiary/aromatic N) is 2. The molecule has 0 spiro atoms. The van der Waals surface area contributed by atoms with Gasteiger partial charge < -0.3 is 14.4 Å². The number of benzene rings is 2. The summed E-state index contributed by atoms with van der Waals surface area (Å²) >= 11 is 0. The number of esters is 1. The Morgan fingerprint density at radius 2 is 1.63 bits per heavy atom. The van der Waals surface area contributed by atoms with E-state index in [1.54, 1.807) is 54.5 Å². The molecule has 8 rings (SSSR count). The Bertz CT molecular complexity index is 1400. The van der Waals surface area contributed by atoms with E-state index in [1.165, 1.54) is 4.90 Å².